The molecule has 0 aliphatic carbocycles. The smallest absolute Gasteiger partial charge is 0.140 e. The Morgan fingerprint density at radius 3 is 2.79 bits per heavy atom. The number of aromatic hydroxyl groups is 1. The van der Waals surface area contributed by atoms with E-state index in [-0.39, 0.29) is 5.75 Å². The fourth-order valence-electron chi connectivity index (χ4n) is 1.30. The number of imidazole rings is 1. The second kappa shape index (κ2) is 3.46. The Kier molecular flexibility index (Phi) is 2.29. The number of phenolic OH excluding ortho intramolecular Hbond substituents is 1. The molecule has 1 heterocycles. The van der Waals surface area contributed by atoms with Crippen LogP contribution in [0.4, 0.5) is 0 Å². The Bertz CT molecular complexity index is 465. The number of hydrogen-bond donors (Lipinski definition) is 1. The molecule has 0 amide bonds. The van der Waals surface area contributed by atoms with Crippen LogP contribution in [0.5, 0.6) is 5.75 Å². The van der Waals surface area contributed by atoms with Crippen molar-refractivity contribution in [3.8, 4) is 17.1 Å². The van der Waals surface area contributed by atoms with Crippen molar-refractivity contribution in [1.29, 1.82) is 0 Å². The van der Waals surface area contributed by atoms with Crippen LogP contribution in [0.3, 0.4) is 0 Å². The number of phenols is 1. The zero-order valence-electron chi connectivity index (χ0n) is 7.61. The van der Waals surface area contributed by atoms with Crippen LogP contribution in [0.1, 0.15) is 0 Å². The Balaban J connectivity index is 2.55. The first-order chi connectivity index (χ1) is 6.68. The molecule has 2 rings (SSSR count). The Labute approximate surface area is 90.2 Å². The highest BCUT2D eigenvalue weighted by molar-refractivity contribution is 9.10. The molecule has 4 heteroatoms. The highest BCUT2D eigenvalue weighted by atomic mass is 79.9. The van der Waals surface area contributed by atoms with Crippen LogP contribution in [0.25, 0.3) is 11.4 Å². The summed E-state index contributed by atoms with van der Waals surface area (Å²) >= 11 is 3.37. The molecule has 1 N–H and O–H groups in total. The Morgan fingerprint density at radius 2 is 2.21 bits per heavy atom. The molecule has 0 aliphatic heterocycles. The summed E-state index contributed by atoms with van der Waals surface area (Å²) in [7, 11) is 1.91. The van der Waals surface area contributed by atoms with E-state index < -0.39 is 0 Å². The maximum absolute atomic E-state index is 9.32. The molecule has 0 atom stereocenters. The van der Waals surface area contributed by atoms with Gasteiger partial charge in [-0.2, -0.15) is 0 Å². The molecule has 2 aromatic rings. The minimum Gasteiger partial charge on any atom is -0.508 e. The van der Waals surface area contributed by atoms with Crippen molar-refractivity contribution < 1.29 is 5.11 Å². The summed E-state index contributed by atoms with van der Waals surface area (Å²) in [5, 5.41) is 9.32. The number of aromatic nitrogens is 2. The largest absolute Gasteiger partial charge is 0.508 e. The normalized spacial score (nSPS) is 10.4. The molecule has 0 saturated heterocycles. The quantitative estimate of drug-likeness (QED) is 0.848. The van der Waals surface area contributed by atoms with Gasteiger partial charge >= 0.3 is 0 Å². The Hall–Kier alpha value is -1.29. The first kappa shape index (κ1) is 9.27. The number of halogens is 1. The lowest BCUT2D eigenvalue weighted by Crippen LogP contribution is -1.92. The zero-order valence-corrected chi connectivity index (χ0v) is 9.19. The SMILES string of the molecule is Cn1c(Br)cnc1-c1cccc(O)c1. The molecule has 3 nitrogen and oxygen atoms in total. The summed E-state index contributed by atoms with van der Waals surface area (Å²) in [5.74, 6) is 1.08. The second-order valence-corrected chi connectivity index (χ2v) is 3.83. The van der Waals surface area contributed by atoms with Crippen molar-refractivity contribution in [1.82, 2.24) is 9.55 Å². The molecule has 1 aromatic carbocycles. The molecule has 0 aliphatic rings. The van der Waals surface area contributed by atoms with Gasteiger partial charge in [0, 0.05) is 12.6 Å². The lowest BCUT2D eigenvalue weighted by atomic mass is 10.2. The van der Waals surface area contributed by atoms with Gasteiger partial charge < -0.3 is 9.67 Å². The molecule has 0 saturated carbocycles. The standard InChI is InChI=1S/C10H9BrN2O/c1-13-9(11)6-12-10(13)7-3-2-4-8(14)5-7/h2-6,14H,1H3. The van der Waals surface area contributed by atoms with E-state index in [0.29, 0.717) is 0 Å². The second-order valence-electron chi connectivity index (χ2n) is 3.01. The van der Waals surface area contributed by atoms with Crippen LogP contribution in [0.15, 0.2) is 35.1 Å². The van der Waals surface area contributed by atoms with Crippen molar-refractivity contribution in [2.45, 2.75) is 0 Å². The van der Waals surface area contributed by atoms with Crippen LogP contribution in [-0.4, -0.2) is 14.7 Å². The summed E-state index contributed by atoms with van der Waals surface area (Å²) in [6, 6.07) is 7.04. The van der Waals surface area contributed by atoms with Crippen LogP contribution < -0.4 is 0 Å². The third kappa shape index (κ3) is 1.53. The van der Waals surface area contributed by atoms with Crippen LogP contribution in [0.2, 0.25) is 0 Å². The molecular formula is C10H9BrN2O. The highest BCUT2D eigenvalue weighted by Gasteiger charge is 2.06. The summed E-state index contributed by atoms with van der Waals surface area (Å²) in [4.78, 5) is 4.23. The predicted octanol–water partition coefficient (Wildman–Crippen LogP) is 2.56. The van der Waals surface area contributed by atoms with Gasteiger partial charge in [0.15, 0.2) is 0 Å². The summed E-state index contributed by atoms with van der Waals surface area (Å²) in [5.41, 5.74) is 0.901. The van der Waals surface area contributed by atoms with Gasteiger partial charge in [0.25, 0.3) is 0 Å². The van der Waals surface area contributed by atoms with E-state index in [0.717, 1.165) is 16.0 Å². The minimum absolute atomic E-state index is 0.252. The third-order valence-electron chi connectivity index (χ3n) is 2.04. The van der Waals surface area contributed by atoms with E-state index in [2.05, 4.69) is 20.9 Å². The van der Waals surface area contributed by atoms with E-state index in [1.165, 1.54) is 0 Å². The maximum atomic E-state index is 9.32. The van der Waals surface area contributed by atoms with Gasteiger partial charge in [0.05, 0.1) is 6.20 Å². The molecule has 0 radical (unpaired) electrons. The molecule has 0 unspecified atom stereocenters. The zero-order chi connectivity index (χ0) is 10.1. The van der Waals surface area contributed by atoms with E-state index >= 15 is 0 Å². The minimum atomic E-state index is 0.252. The molecule has 72 valence electrons. The highest BCUT2D eigenvalue weighted by Crippen LogP contribution is 2.23. The van der Waals surface area contributed by atoms with Gasteiger partial charge in [-0.05, 0) is 28.1 Å². The van der Waals surface area contributed by atoms with Gasteiger partial charge in [-0.25, -0.2) is 4.98 Å². The summed E-state index contributed by atoms with van der Waals surface area (Å²) in [6.07, 6.45) is 1.74. The maximum Gasteiger partial charge on any atom is 0.140 e. The predicted molar refractivity (Wildman–Crippen MR) is 58.0 cm³/mol. The molecule has 14 heavy (non-hydrogen) atoms. The molecule has 0 fully saturated rings. The van der Waals surface area contributed by atoms with Crippen molar-refractivity contribution >= 4 is 15.9 Å². The first-order valence-corrected chi connectivity index (χ1v) is 4.94. The molecule has 0 bridgehead atoms. The van der Waals surface area contributed by atoms with Gasteiger partial charge in [-0.15, -0.1) is 0 Å². The van der Waals surface area contributed by atoms with Crippen molar-refractivity contribution in [3.05, 3.63) is 35.1 Å². The van der Waals surface area contributed by atoms with Crippen molar-refractivity contribution in [2.75, 3.05) is 0 Å². The molecule has 1 aromatic heterocycles. The van der Waals surface area contributed by atoms with Crippen LogP contribution >= 0.6 is 15.9 Å². The van der Waals surface area contributed by atoms with E-state index in [1.54, 1.807) is 24.4 Å². The van der Waals surface area contributed by atoms with Crippen LogP contribution in [-0.2, 0) is 7.05 Å². The van der Waals surface area contributed by atoms with E-state index in [9.17, 15) is 5.11 Å². The Morgan fingerprint density at radius 1 is 1.43 bits per heavy atom. The average molecular weight is 253 g/mol. The number of nitrogens with zero attached hydrogens (tertiary/aromatic N) is 2. The third-order valence-corrected chi connectivity index (χ3v) is 2.77. The summed E-state index contributed by atoms with van der Waals surface area (Å²) < 4.78 is 2.82. The van der Waals surface area contributed by atoms with Gasteiger partial charge in [0.2, 0.25) is 0 Å². The lowest BCUT2D eigenvalue weighted by molar-refractivity contribution is 0.475. The fraction of sp³-hybridized carbons (Fsp3) is 0.100. The van der Waals surface area contributed by atoms with Crippen molar-refractivity contribution in [2.24, 2.45) is 7.05 Å². The van der Waals surface area contributed by atoms with Gasteiger partial charge in [-0.3, -0.25) is 0 Å². The summed E-state index contributed by atoms with van der Waals surface area (Å²) in [6.45, 7) is 0. The van der Waals surface area contributed by atoms with Crippen LogP contribution in [0, 0.1) is 0 Å². The lowest BCUT2D eigenvalue weighted by Gasteiger charge is -2.02. The topological polar surface area (TPSA) is 38.0 Å². The number of benzene rings is 1. The molecule has 0 spiro atoms. The average Bonchev–Trinajstić information content (AvgIpc) is 2.48. The monoisotopic (exact) mass is 252 g/mol. The van der Waals surface area contributed by atoms with Gasteiger partial charge in [-0.1, -0.05) is 12.1 Å². The first-order valence-electron chi connectivity index (χ1n) is 4.15. The number of hydrogen-bond acceptors (Lipinski definition) is 2. The van der Waals surface area contributed by atoms with E-state index in [1.807, 2.05) is 17.7 Å². The molecular weight excluding hydrogens is 244 g/mol. The van der Waals surface area contributed by atoms with E-state index in [4.69, 9.17) is 0 Å². The van der Waals surface area contributed by atoms with Crippen molar-refractivity contribution in [3.63, 3.8) is 0 Å². The number of rotatable bonds is 1. The van der Waals surface area contributed by atoms with Gasteiger partial charge in [0.1, 0.15) is 16.2 Å². The fourth-order valence-corrected chi connectivity index (χ4v) is 1.57.